The first kappa shape index (κ1) is 11.4. The first-order valence-corrected chi connectivity index (χ1v) is 5.98. The highest BCUT2D eigenvalue weighted by Gasteiger charge is 2.51. The SMILES string of the molecule is Cc1ccc([C@@]2(C)CCC(=O)C2(C)C)cc1. The number of carbonyl (C=O) groups excluding carboxylic acids is 1. The number of aryl methyl sites for hydroxylation is 1. The molecule has 86 valence electrons. The van der Waals surface area contributed by atoms with Gasteiger partial charge in [-0.1, -0.05) is 50.6 Å². The summed E-state index contributed by atoms with van der Waals surface area (Å²) in [5, 5.41) is 0. The lowest BCUT2D eigenvalue weighted by Gasteiger charge is -2.37. The van der Waals surface area contributed by atoms with E-state index < -0.39 is 0 Å². The van der Waals surface area contributed by atoms with Crippen LogP contribution >= 0.6 is 0 Å². The first-order valence-electron chi connectivity index (χ1n) is 5.98. The maximum absolute atomic E-state index is 12.0. The third-order valence-electron chi connectivity index (χ3n) is 4.62. The van der Waals surface area contributed by atoms with Gasteiger partial charge in [-0.3, -0.25) is 4.79 Å². The lowest BCUT2D eigenvalue weighted by atomic mass is 9.65. The van der Waals surface area contributed by atoms with Crippen molar-refractivity contribution in [3.8, 4) is 0 Å². The summed E-state index contributed by atoms with van der Waals surface area (Å²) >= 11 is 0. The summed E-state index contributed by atoms with van der Waals surface area (Å²) in [5.41, 5.74) is 2.34. The summed E-state index contributed by atoms with van der Waals surface area (Å²) in [4.78, 5) is 12.0. The van der Waals surface area contributed by atoms with Crippen LogP contribution < -0.4 is 0 Å². The Balaban J connectivity index is 2.47. The van der Waals surface area contributed by atoms with Gasteiger partial charge >= 0.3 is 0 Å². The monoisotopic (exact) mass is 216 g/mol. The summed E-state index contributed by atoms with van der Waals surface area (Å²) in [5.74, 6) is 0.399. The van der Waals surface area contributed by atoms with E-state index in [-0.39, 0.29) is 10.8 Å². The number of rotatable bonds is 1. The molecule has 0 saturated heterocycles. The van der Waals surface area contributed by atoms with Crippen LogP contribution in [0.5, 0.6) is 0 Å². The zero-order valence-electron chi connectivity index (χ0n) is 10.6. The molecule has 1 aliphatic carbocycles. The summed E-state index contributed by atoms with van der Waals surface area (Å²) in [7, 11) is 0. The van der Waals surface area contributed by atoms with Gasteiger partial charge in [0.25, 0.3) is 0 Å². The minimum atomic E-state index is -0.234. The number of benzene rings is 1. The van der Waals surface area contributed by atoms with E-state index in [4.69, 9.17) is 0 Å². The third-order valence-corrected chi connectivity index (χ3v) is 4.62. The van der Waals surface area contributed by atoms with Crippen molar-refractivity contribution in [1.29, 1.82) is 0 Å². The summed E-state index contributed by atoms with van der Waals surface area (Å²) in [6.45, 7) is 8.49. The molecule has 1 aliphatic rings. The Morgan fingerprint density at radius 3 is 2.06 bits per heavy atom. The van der Waals surface area contributed by atoms with E-state index in [9.17, 15) is 4.79 Å². The van der Waals surface area contributed by atoms with Gasteiger partial charge in [-0.05, 0) is 18.9 Å². The normalized spacial score (nSPS) is 28.4. The quantitative estimate of drug-likeness (QED) is 0.700. The van der Waals surface area contributed by atoms with Crippen LogP contribution in [0.15, 0.2) is 24.3 Å². The van der Waals surface area contributed by atoms with Gasteiger partial charge in [0, 0.05) is 17.3 Å². The maximum atomic E-state index is 12.0. The van der Waals surface area contributed by atoms with Crippen molar-refractivity contribution in [2.24, 2.45) is 5.41 Å². The zero-order valence-corrected chi connectivity index (χ0v) is 10.6. The molecule has 0 unspecified atom stereocenters. The van der Waals surface area contributed by atoms with Crippen LogP contribution in [0.4, 0.5) is 0 Å². The van der Waals surface area contributed by atoms with Crippen LogP contribution in [0.2, 0.25) is 0 Å². The average molecular weight is 216 g/mol. The molecule has 1 aromatic carbocycles. The van der Waals surface area contributed by atoms with Gasteiger partial charge in [0.1, 0.15) is 5.78 Å². The van der Waals surface area contributed by atoms with Gasteiger partial charge in [-0.25, -0.2) is 0 Å². The number of hydrogen-bond donors (Lipinski definition) is 0. The van der Waals surface area contributed by atoms with Crippen molar-refractivity contribution >= 4 is 5.78 Å². The average Bonchev–Trinajstić information content (AvgIpc) is 2.44. The second kappa shape index (κ2) is 3.44. The molecule has 2 rings (SSSR count). The summed E-state index contributed by atoms with van der Waals surface area (Å²) in [6, 6.07) is 8.63. The molecule has 0 bridgehead atoms. The molecule has 0 spiro atoms. The van der Waals surface area contributed by atoms with Crippen LogP contribution in [0.1, 0.15) is 44.7 Å². The molecule has 1 saturated carbocycles. The zero-order chi connectivity index (χ0) is 12.0. The summed E-state index contributed by atoms with van der Waals surface area (Å²) < 4.78 is 0. The van der Waals surface area contributed by atoms with Crippen LogP contribution in [-0.2, 0) is 10.2 Å². The van der Waals surface area contributed by atoms with Crippen molar-refractivity contribution in [2.45, 2.75) is 46.0 Å². The van der Waals surface area contributed by atoms with E-state index in [0.29, 0.717) is 5.78 Å². The van der Waals surface area contributed by atoms with Gasteiger partial charge in [0.05, 0.1) is 0 Å². The van der Waals surface area contributed by atoms with Gasteiger partial charge in [0.15, 0.2) is 0 Å². The summed E-state index contributed by atoms with van der Waals surface area (Å²) in [6.07, 6.45) is 1.69. The van der Waals surface area contributed by atoms with Crippen LogP contribution in [0, 0.1) is 12.3 Å². The highest BCUT2D eigenvalue weighted by Crippen LogP contribution is 2.51. The van der Waals surface area contributed by atoms with Gasteiger partial charge < -0.3 is 0 Å². The second-order valence-corrected chi connectivity index (χ2v) is 5.75. The van der Waals surface area contributed by atoms with Crippen molar-refractivity contribution in [1.82, 2.24) is 0 Å². The fourth-order valence-electron chi connectivity index (χ4n) is 2.72. The van der Waals surface area contributed by atoms with Gasteiger partial charge in [-0.15, -0.1) is 0 Å². The van der Waals surface area contributed by atoms with Crippen molar-refractivity contribution in [3.63, 3.8) is 0 Å². The van der Waals surface area contributed by atoms with E-state index in [2.05, 4.69) is 52.0 Å². The predicted octanol–water partition coefficient (Wildman–Crippen LogP) is 3.64. The predicted molar refractivity (Wildman–Crippen MR) is 66.6 cm³/mol. The molecule has 16 heavy (non-hydrogen) atoms. The topological polar surface area (TPSA) is 17.1 Å². The van der Waals surface area contributed by atoms with Crippen LogP contribution in [0.3, 0.4) is 0 Å². The molecule has 0 radical (unpaired) electrons. The lowest BCUT2D eigenvalue weighted by molar-refractivity contribution is -0.125. The fraction of sp³-hybridized carbons (Fsp3) is 0.533. The number of ketones is 1. The first-order chi connectivity index (χ1) is 7.38. The van der Waals surface area contributed by atoms with E-state index in [0.717, 1.165) is 12.8 Å². The minimum Gasteiger partial charge on any atom is -0.299 e. The molecule has 1 atom stereocenters. The molecule has 0 aromatic heterocycles. The Morgan fingerprint density at radius 2 is 1.62 bits per heavy atom. The number of hydrogen-bond acceptors (Lipinski definition) is 1. The fourth-order valence-corrected chi connectivity index (χ4v) is 2.72. The Hall–Kier alpha value is -1.11. The lowest BCUT2D eigenvalue weighted by Crippen LogP contribution is -2.38. The smallest absolute Gasteiger partial charge is 0.139 e. The van der Waals surface area contributed by atoms with E-state index >= 15 is 0 Å². The van der Waals surface area contributed by atoms with Crippen LogP contribution in [0.25, 0.3) is 0 Å². The largest absolute Gasteiger partial charge is 0.299 e. The Kier molecular flexibility index (Phi) is 2.45. The molecule has 0 N–H and O–H groups in total. The van der Waals surface area contributed by atoms with Crippen LogP contribution in [-0.4, -0.2) is 5.78 Å². The minimum absolute atomic E-state index is 0.00220. The molecule has 0 heterocycles. The number of Topliss-reactive ketones (excluding diaryl/α,β-unsaturated/α-hetero) is 1. The molecular weight excluding hydrogens is 196 g/mol. The standard InChI is InChI=1S/C15H20O/c1-11-5-7-12(8-6-11)15(4)10-9-13(16)14(15,2)3/h5-8H,9-10H2,1-4H3/t15-/m1/s1. The molecule has 1 fully saturated rings. The van der Waals surface area contributed by atoms with Crippen molar-refractivity contribution in [2.75, 3.05) is 0 Å². The second-order valence-electron chi connectivity index (χ2n) is 5.75. The molecule has 1 nitrogen and oxygen atoms in total. The van der Waals surface area contributed by atoms with E-state index in [1.807, 2.05) is 0 Å². The van der Waals surface area contributed by atoms with E-state index in [1.165, 1.54) is 11.1 Å². The highest BCUT2D eigenvalue weighted by atomic mass is 16.1. The van der Waals surface area contributed by atoms with Crippen molar-refractivity contribution in [3.05, 3.63) is 35.4 Å². The maximum Gasteiger partial charge on any atom is 0.139 e. The Labute approximate surface area is 97.9 Å². The van der Waals surface area contributed by atoms with Gasteiger partial charge in [-0.2, -0.15) is 0 Å². The highest BCUT2D eigenvalue weighted by molar-refractivity contribution is 5.88. The number of carbonyl (C=O) groups is 1. The molecular formula is C15H20O. The van der Waals surface area contributed by atoms with Gasteiger partial charge in [0.2, 0.25) is 0 Å². The molecule has 1 aromatic rings. The third kappa shape index (κ3) is 1.41. The Bertz CT molecular complexity index is 414. The molecule has 0 amide bonds. The molecule has 1 heteroatoms. The molecule has 0 aliphatic heterocycles. The van der Waals surface area contributed by atoms with Crippen molar-refractivity contribution < 1.29 is 4.79 Å². The Morgan fingerprint density at radius 1 is 1.06 bits per heavy atom. The van der Waals surface area contributed by atoms with E-state index in [1.54, 1.807) is 0 Å².